The molecule has 1 aromatic heterocycles. The molecule has 1 aliphatic heterocycles. The summed E-state index contributed by atoms with van der Waals surface area (Å²) in [6.07, 6.45) is 13.5. The van der Waals surface area contributed by atoms with Crippen LogP contribution in [0.2, 0.25) is 0 Å². The highest BCUT2D eigenvalue weighted by atomic mass is 16.2. The van der Waals surface area contributed by atoms with Crippen molar-refractivity contribution in [2.24, 2.45) is 11.8 Å². The van der Waals surface area contributed by atoms with E-state index in [0.717, 1.165) is 57.1 Å². The van der Waals surface area contributed by atoms with Crippen molar-refractivity contribution in [2.75, 3.05) is 13.1 Å². The molecule has 0 N–H and O–H groups in total. The van der Waals surface area contributed by atoms with Gasteiger partial charge < -0.3 is 9.47 Å². The van der Waals surface area contributed by atoms with Crippen LogP contribution in [0.15, 0.2) is 12.4 Å². The van der Waals surface area contributed by atoms with Crippen LogP contribution in [0.4, 0.5) is 0 Å². The van der Waals surface area contributed by atoms with E-state index in [0.29, 0.717) is 11.8 Å². The lowest BCUT2D eigenvalue weighted by Crippen LogP contribution is -2.39. The average Bonchev–Trinajstić information content (AvgIpc) is 3.18. The zero-order chi connectivity index (χ0) is 15.4. The third-order valence-corrected chi connectivity index (χ3v) is 5.59. The zero-order valence-corrected chi connectivity index (χ0v) is 13.8. The standard InChI is InChI=1S/C18H29N3O/c1-15-19-10-13-21(15)14-17-8-11-20(12-9-17)18(22)7-6-16-4-2-3-5-16/h10,13,16-17H,2-9,11-12,14H2,1H3. The maximum absolute atomic E-state index is 12.3. The summed E-state index contributed by atoms with van der Waals surface area (Å²) in [6, 6.07) is 0. The van der Waals surface area contributed by atoms with Gasteiger partial charge in [-0.3, -0.25) is 4.79 Å². The second-order valence-corrected chi connectivity index (χ2v) is 7.14. The minimum atomic E-state index is 0.393. The summed E-state index contributed by atoms with van der Waals surface area (Å²) in [6.45, 7) is 5.00. The molecule has 3 rings (SSSR count). The zero-order valence-electron chi connectivity index (χ0n) is 13.8. The first-order valence-corrected chi connectivity index (χ1v) is 8.98. The van der Waals surface area contributed by atoms with Crippen LogP contribution in [0.1, 0.15) is 57.2 Å². The SMILES string of the molecule is Cc1nccn1CC1CCN(C(=O)CCC2CCCC2)CC1. The van der Waals surface area contributed by atoms with Crippen molar-refractivity contribution < 1.29 is 4.79 Å². The Labute approximate surface area is 133 Å². The summed E-state index contributed by atoms with van der Waals surface area (Å²) in [4.78, 5) is 18.7. The summed E-state index contributed by atoms with van der Waals surface area (Å²) in [7, 11) is 0. The van der Waals surface area contributed by atoms with E-state index in [4.69, 9.17) is 0 Å². The molecule has 22 heavy (non-hydrogen) atoms. The van der Waals surface area contributed by atoms with Gasteiger partial charge in [0.05, 0.1) is 0 Å². The summed E-state index contributed by atoms with van der Waals surface area (Å²) >= 11 is 0. The molecule has 2 fully saturated rings. The Hall–Kier alpha value is -1.32. The van der Waals surface area contributed by atoms with E-state index in [9.17, 15) is 4.79 Å². The molecular formula is C18H29N3O. The molecule has 1 saturated carbocycles. The highest BCUT2D eigenvalue weighted by Crippen LogP contribution is 2.29. The van der Waals surface area contributed by atoms with Crippen LogP contribution in [0.3, 0.4) is 0 Å². The van der Waals surface area contributed by atoms with E-state index in [1.165, 1.54) is 25.7 Å². The van der Waals surface area contributed by atoms with Gasteiger partial charge in [-0.25, -0.2) is 4.98 Å². The van der Waals surface area contributed by atoms with Crippen LogP contribution in [0.5, 0.6) is 0 Å². The number of nitrogens with zero attached hydrogens (tertiary/aromatic N) is 3. The molecule has 122 valence electrons. The Morgan fingerprint density at radius 3 is 2.55 bits per heavy atom. The number of amides is 1. The number of imidazole rings is 1. The molecule has 0 unspecified atom stereocenters. The predicted molar refractivity (Wildman–Crippen MR) is 87.5 cm³/mol. The summed E-state index contributed by atoms with van der Waals surface area (Å²) in [5, 5.41) is 0. The smallest absolute Gasteiger partial charge is 0.222 e. The Morgan fingerprint density at radius 1 is 1.18 bits per heavy atom. The van der Waals surface area contributed by atoms with Crippen molar-refractivity contribution in [3.63, 3.8) is 0 Å². The molecule has 0 aromatic carbocycles. The van der Waals surface area contributed by atoms with Crippen LogP contribution >= 0.6 is 0 Å². The first-order valence-electron chi connectivity index (χ1n) is 8.98. The number of carbonyl (C=O) groups is 1. The summed E-state index contributed by atoms with van der Waals surface area (Å²) in [5.41, 5.74) is 0. The maximum atomic E-state index is 12.3. The van der Waals surface area contributed by atoms with E-state index in [-0.39, 0.29) is 0 Å². The van der Waals surface area contributed by atoms with Gasteiger partial charge in [-0.05, 0) is 38.0 Å². The molecule has 2 aliphatic rings. The fraction of sp³-hybridized carbons (Fsp3) is 0.778. The second kappa shape index (κ2) is 7.30. The minimum Gasteiger partial charge on any atom is -0.343 e. The van der Waals surface area contributed by atoms with Crippen molar-refractivity contribution >= 4 is 5.91 Å². The van der Waals surface area contributed by atoms with E-state index >= 15 is 0 Å². The lowest BCUT2D eigenvalue weighted by molar-refractivity contribution is -0.133. The molecule has 1 saturated heterocycles. The van der Waals surface area contributed by atoms with Crippen molar-refractivity contribution in [3.05, 3.63) is 18.2 Å². The van der Waals surface area contributed by atoms with Gasteiger partial charge in [0.1, 0.15) is 5.82 Å². The topological polar surface area (TPSA) is 38.1 Å². The molecule has 4 nitrogen and oxygen atoms in total. The first-order chi connectivity index (χ1) is 10.7. The van der Waals surface area contributed by atoms with Crippen molar-refractivity contribution in [1.29, 1.82) is 0 Å². The number of hydrogen-bond donors (Lipinski definition) is 0. The van der Waals surface area contributed by atoms with Crippen LogP contribution < -0.4 is 0 Å². The van der Waals surface area contributed by atoms with Crippen LogP contribution in [-0.2, 0) is 11.3 Å². The van der Waals surface area contributed by atoms with Gasteiger partial charge in [0.15, 0.2) is 0 Å². The highest BCUT2D eigenvalue weighted by molar-refractivity contribution is 5.76. The largest absolute Gasteiger partial charge is 0.343 e. The van der Waals surface area contributed by atoms with E-state index in [2.05, 4.69) is 27.6 Å². The molecule has 4 heteroatoms. The molecule has 0 radical (unpaired) electrons. The molecule has 1 aromatic rings. The summed E-state index contributed by atoms with van der Waals surface area (Å²) in [5.74, 6) is 3.00. The quantitative estimate of drug-likeness (QED) is 0.836. The molecule has 1 amide bonds. The van der Waals surface area contributed by atoms with Gasteiger partial charge >= 0.3 is 0 Å². The Morgan fingerprint density at radius 2 is 1.91 bits per heavy atom. The van der Waals surface area contributed by atoms with Crippen LogP contribution in [0.25, 0.3) is 0 Å². The van der Waals surface area contributed by atoms with E-state index in [1.807, 2.05) is 6.20 Å². The number of piperidine rings is 1. The maximum Gasteiger partial charge on any atom is 0.222 e. The second-order valence-electron chi connectivity index (χ2n) is 7.14. The van der Waals surface area contributed by atoms with E-state index < -0.39 is 0 Å². The van der Waals surface area contributed by atoms with Gasteiger partial charge in [-0.15, -0.1) is 0 Å². The predicted octanol–water partition coefficient (Wildman–Crippen LogP) is 3.40. The molecule has 0 bridgehead atoms. The Kier molecular flexibility index (Phi) is 5.16. The fourth-order valence-corrected chi connectivity index (χ4v) is 4.02. The number of aryl methyl sites for hydroxylation is 1. The van der Waals surface area contributed by atoms with Gasteiger partial charge in [0.25, 0.3) is 0 Å². The lowest BCUT2D eigenvalue weighted by Gasteiger charge is -2.32. The normalized spacial score (nSPS) is 20.7. The third-order valence-electron chi connectivity index (χ3n) is 5.59. The van der Waals surface area contributed by atoms with Gasteiger partial charge in [-0.1, -0.05) is 25.7 Å². The van der Waals surface area contributed by atoms with Gasteiger partial charge in [0, 0.05) is 38.4 Å². The first kappa shape index (κ1) is 15.6. The van der Waals surface area contributed by atoms with Crippen LogP contribution in [-0.4, -0.2) is 33.4 Å². The number of carbonyl (C=O) groups excluding carboxylic acids is 1. The van der Waals surface area contributed by atoms with Crippen molar-refractivity contribution in [3.8, 4) is 0 Å². The lowest BCUT2D eigenvalue weighted by atomic mass is 9.95. The molecule has 0 atom stereocenters. The fourth-order valence-electron chi connectivity index (χ4n) is 4.02. The number of rotatable bonds is 5. The van der Waals surface area contributed by atoms with E-state index in [1.54, 1.807) is 0 Å². The van der Waals surface area contributed by atoms with Gasteiger partial charge in [-0.2, -0.15) is 0 Å². The van der Waals surface area contributed by atoms with Gasteiger partial charge in [0.2, 0.25) is 5.91 Å². The van der Waals surface area contributed by atoms with Crippen molar-refractivity contribution in [1.82, 2.24) is 14.5 Å². The average molecular weight is 303 g/mol. The highest BCUT2D eigenvalue weighted by Gasteiger charge is 2.24. The minimum absolute atomic E-state index is 0.393. The number of hydrogen-bond acceptors (Lipinski definition) is 2. The van der Waals surface area contributed by atoms with Crippen LogP contribution in [0, 0.1) is 18.8 Å². The van der Waals surface area contributed by atoms with Crippen molar-refractivity contribution in [2.45, 2.75) is 64.8 Å². The molecule has 2 heterocycles. The molecule has 1 aliphatic carbocycles. The number of aromatic nitrogens is 2. The molecular weight excluding hydrogens is 274 g/mol. The summed E-state index contributed by atoms with van der Waals surface area (Å²) < 4.78 is 2.24. The molecule has 0 spiro atoms. The Balaban J connectivity index is 1.39. The Bertz CT molecular complexity index is 482. The number of likely N-dealkylation sites (tertiary alicyclic amines) is 1. The monoisotopic (exact) mass is 303 g/mol. The third kappa shape index (κ3) is 3.90.